The van der Waals surface area contributed by atoms with E-state index in [1.807, 2.05) is 30.6 Å². The first kappa shape index (κ1) is 12.2. The number of carbonyl (C=O) groups excluding carboxylic acids is 1. The second-order valence-electron chi connectivity index (χ2n) is 5.22. The fraction of sp³-hybridized carbons (Fsp3) is 0.467. The van der Waals surface area contributed by atoms with Gasteiger partial charge in [-0.2, -0.15) is 5.10 Å². The molecule has 2 aromatic heterocycles. The van der Waals surface area contributed by atoms with Gasteiger partial charge in [-0.25, -0.2) is 9.31 Å². The van der Waals surface area contributed by atoms with Crippen molar-refractivity contribution >= 4 is 11.5 Å². The molecule has 2 aromatic rings. The lowest BCUT2D eigenvalue weighted by Crippen LogP contribution is -2.06. The third-order valence-corrected chi connectivity index (χ3v) is 3.71. The summed E-state index contributed by atoms with van der Waals surface area (Å²) in [5.41, 5.74) is 4.77. The Morgan fingerprint density at radius 2 is 2.16 bits per heavy atom. The second-order valence-corrected chi connectivity index (χ2v) is 5.22. The smallest absolute Gasteiger partial charge is 0.342 e. The number of aryl methyl sites for hydroxylation is 2. The van der Waals surface area contributed by atoms with Crippen LogP contribution in [0.5, 0.6) is 0 Å². The predicted octanol–water partition coefficient (Wildman–Crippen LogP) is 3.01. The SMILES string of the molecule is CCOC(=O)c1c(C2CC2)nn2cc(C)c(C)cc12. The molecule has 0 amide bonds. The van der Waals surface area contributed by atoms with Crippen LogP contribution < -0.4 is 0 Å². The van der Waals surface area contributed by atoms with Crippen LogP contribution in [0, 0.1) is 13.8 Å². The third-order valence-electron chi connectivity index (χ3n) is 3.71. The van der Waals surface area contributed by atoms with Crippen molar-refractivity contribution in [1.29, 1.82) is 0 Å². The highest BCUT2D eigenvalue weighted by Crippen LogP contribution is 2.42. The molecule has 4 heteroatoms. The number of fused-ring (bicyclic) bond motifs is 1. The average molecular weight is 258 g/mol. The monoisotopic (exact) mass is 258 g/mol. The Balaban J connectivity index is 2.22. The lowest BCUT2D eigenvalue weighted by Gasteiger charge is -2.04. The van der Waals surface area contributed by atoms with Crippen molar-refractivity contribution < 1.29 is 9.53 Å². The van der Waals surface area contributed by atoms with E-state index in [9.17, 15) is 4.79 Å². The molecule has 100 valence electrons. The zero-order chi connectivity index (χ0) is 13.6. The molecule has 19 heavy (non-hydrogen) atoms. The molecule has 0 spiro atoms. The topological polar surface area (TPSA) is 43.6 Å². The van der Waals surface area contributed by atoms with Crippen LogP contribution in [0.2, 0.25) is 0 Å². The van der Waals surface area contributed by atoms with E-state index in [-0.39, 0.29) is 5.97 Å². The van der Waals surface area contributed by atoms with Gasteiger partial charge in [0, 0.05) is 12.1 Å². The van der Waals surface area contributed by atoms with E-state index in [1.54, 1.807) is 0 Å². The van der Waals surface area contributed by atoms with Gasteiger partial charge < -0.3 is 4.74 Å². The number of esters is 1. The summed E-state index contributed by atoms with van der Waals surface area (Å²) in [4.78, 5) is 12.2. The lowest BCUT2D eigenvalue weighted by molar-refractivity contribution is 0.0527. The second kappa shape index (κ2) is 4.37. The van der Waals surface area contributed by atoms with Crippen LogP contribution in [0.3, 0.4) is 0 Å². The maximum Gasteiger partial charge on any atom is 0.342 e. The Morgan fingerprint density at radius 3 is 2.79 bits per heavy atom. The minimum atomic E-state index is -0.248. The van der Waals surface area contributed by atoms with Gasteiger partial charge in [-0.05, 0) is 50.8 Å². The molecule has 0 N–H and O–H groups in total. The molecular weight excluding hydrogens is 240 g/mol. The van der Waals surface area contributed by atoms with Gasteiger partial charge in [0.2, 0.25) is 0 Å². The first-order valence-corrected chi connectivity index (χ1v) is 6.78. The van der Waals surface area contributed by atoms with E-state index in [0.29, 0.717) is 18.1 Å². The van der Waals surface area contributed by atoms with Crippen molar-refractivity contribution in [2.75, 3.05) is 6.61 Å². The fourth-order valence-electron chi connectivity index (χ4n) is 2.36. The zero-order valence-electron chi connectivity index (χ0n) is 11.6. The maximum absolute atomic E-state index is 12.2. The van der Waals surface area contributed by atoms with Crippen molar-refractivity contribution in [1.82, 2.24) is 9.61 Å². The number of pyridine rings is 1. The molecule has 0 saturated heterocycles. The summed E-state index contributed by atoms with van der Waals surface area (Å²) in [6.07, 6.45) is 4.22. The molecule has 1 aliphatic carbocycles. The summed E-state index contributed by atoms with van der Waals surface area (Å²) in [5, 5.41) is 4.60. The molecule has 0 unspecified atom stereocenters. The van der Waals surface area contributed by atoms with Crippen LogP contribution >= 0.6 is 0 Å². The van der Waals surface area contributed by atoms with E-state index in [1.165, 1.54) is 11.1 Å². The number of ether oxygens (including phenoxy) is 1. The highest BCUT2D eigenvalue weighted by Gasteiger charge is 2.33. The fourth-order valence-corrected chi connectivity index (χ4v) is 2.36. The molecule has 0 radical (unpaired) electrons. The largest absolute Gasteiger partial charge is 0.462 e. The van der Waals surface area contributed by atoms with Gasteiger partial charge in [0.05, 0.1) is 17.8 Å². The van der Waals surface area contributed by atoms with E-state index >= 15 is 0 Å². The zero-order valence-corrected chi connectivity index (χ0v) is 11.6. The van der Waals surface area contributed by atoms with Gasteiger partial charge in [0.1, 0.15) is 5.56 Å². The number of rotatable bonds is 3. The van der Waals surface area contributed by atoms with Gasteiger partial charge in [0.25, 0.3) is 0 Å². The molecule has 2 heterocycles. The molecule has 1 aliphatic rings. The highest BCUT2D eigenvalue weighted by atomic mass is 16.5. The number of aromatic nitrogens is 2. The number of hydrogen-bond acceptors (Lipinski definition) is 3. The van der Waals surface area contributed by atoms with E-state index in [0.717, 1.165) is 24.1 Å². The van der Waals surface area contributed by atoms with E-state index in [2.05, 4.69) is 12.0 Å². The van der Waals surface area contributed by atoms with Crippen LogP contribution in [0.15, 0.2) is 12.3 Å². The molecular formula is C15H18N2O2. The van der Waals surface area contributed by atoms with Crippen LogP contribution in [0.1, 0.15) is 52.9 Å². The summed E-state index contributed by atoms with van der Waals surface area (Å²) in [6.45, 7) is 6.33. The Morgan fingerprint density at radius 1 is 1.42 bits per heavy atom. The Kier molecular flexibility index (Phi) is 2.81. The normalized spacial score (nSPS) is 14.9. The molecule has 1 saturated carbocycles. The van der Waals surface area contributed by atoms with Gasteiger partial charge >= 0.3 is 5.97 Å². The quantitative estimate of drug-likeness (QED) is 0.795. The standard InChI is InChI=1S/C15H18N2O2/c1-4-19-15(18)13-12-7-9(2)10(3)8-17(12)16-14(13)11-5-6-11/h7-8,11H,4-6H2,1-3H3. The van der Waals surface area contributed by atoms with Crippen molar-refractivity contribution in [2.24, 2.45) is 0 Å². The third kappa shape index (κ3) is 2.01. The summed E-state index contributed by atoms with van der Waals surface area (Å²) < 4.78 is 7.01. The van der Waals surface area contributed by atoms with Gasteiger partial charge in [0.15, 0.2) is 0 Å². The maximum atomic E-state index is 12.2. The summed E-state index contributed by atoms with van der Waals surface area (Å²) in [6, 6.07) is 2.03. The van der Waals surface area contributed by atoms with Crippen LogP contribution in [0.25, 0.3) is 5.52 Å². The molecule has 0 atom stereocenters. The van der Waals surface area contributed by atoms with Crippen molar-refractivity contribution in [3.8, 4) is 0 Å². The number of nitrogens with zero attached hydrogens (tertiary/aromatic N) is 2. The number of hydrogen-bond donors (Lipinski definition) is 0. The summed E-state index contributed by atoms with van der Waals surface area (Å²) >= 11 is 0. The van der Waals surface area contributed by atoms with Crippen molar-refractivity contribution in [3.63, 3.8) is 0 Å². The van der Waals surface area contributed by atoms with Crippen LogP contribution in [-0.2, 0) is 4.74 Å². The highest BCUT2D eigenvalue weighted by molar-refractivity contribution is 5.98. The Bertz CT molecular complexity index is 654. The van der Waals surface area contributed by atoms with Crippen molar-refractivity contribution in [2.45, 2.75) is 39.5 Å². The van der Waals surface area contributed by atoms with Crippen LogP contribution in [-0.4, -0.2) is 22.2 Å². The van der Waals surface area contributed by atoms with E-state index < -0.39 is 0 Å². The van der Waals surface area contributed by atoms with Crippen molar-refractivity contribution in [3.05, 3.63) is 34.6 Å². The molecule has 0 aliphatic heterocycles. The minimum absolute atomic E-state index is 0.248. The molecule has 3 rings (SSSR count). The number of carbonyl (C=O) groups is 1. The first-order chi connectivity index (χ1) is 9.11. The first-order valence-electron chi connectivity index (χ1n) is 6.78. The summed E-state index contributed by atoms with van der Waals surface area (Å²) in [5.74, 6) is 0.183. The molecule has 0 aromatic carbocycles. The lowest BCUT2D eigenvalue weighted by atomic mass is 10.1. The minimum Gasteiger partial charge on any atom is -0.462 e. The Hall–Kier alpha value is -1.84. The van der Waals surface area contributed by atoms with Gasteiger partial charge in [-0.1, -0.05) is 0 Å². The predicted molar refractivity (Wildman–Crippen MR) is 72.6 cm³/mol. The molecule has 4 nitrogen and oxygen atoms in total. The summed E-state index contributed by atoms with van der Waals surface area (Å²) in [7, 11) is 0. The molecule has 1 fully saturated rings. The van der Waals surface area contributed by atoms with Gasteiger partial charge in [-0.15, -0.1) is 0 Å². The van der Waals surface area contributed by atoms with E-state index in [4.69, 9.17) is 4.74 Å². The van der Waals surface area contributed by atoms with Gasteiger partial charge in [-0.3, -0.25) is 0 Å². The van der Waals surface area contributed by atoms with Crippen LogP contribution in [0.4, 0.5) is 0 Å². The average Bonchev–Trinajstić information content (AvgIpc) is 3.13. The Labute approximate surface area is 112 Å². The molecule has 0 bridgehead atoms.